The van der Waals surface area contributed by atoms with E-state index < -0.39 is 12.1 Å². The molecule has 0 radical (unpaired) electrons. The van der Waals surface area contributed by atoms with E-state index in [9.17, 15) is 15.2 Å². The molecule has 0 saturated carbocycles. The van der Waals surface area contributed by atoms with Gasteiger partial charge in [-0.3, -0.25) is 10.1 Å². The Morgan fingerprint density at radius 3 is 2.56 bits per heavy atom. The van der Waals surface area contributed by atoms with Gasteiger partial charge in [-0.1, -0.05) is 13.8 Å². The third kappa shape index (κ3) is 3.06. The highest BCUT2D eigenvalue weighted by molar-refractivity contribution is 5.10. The van der Waals surface area contributed by atoms with Gasteiger partial charge in [0.25, 0.3) is 0 Å². The van der Waals surface area contributed by atoms with Gasteiger partial charge in [-0.15, -0.1) is 0 Å². The van der Waals surface area contributed by atoms with Crippen LogP contribution in [0.2, 0.25) is 0 Å². The van der Waals surface area contributed by atoms with Crippen LogP contribution >= 0.6 is 0 Å². The summed E-state index contributed by atoms with van der Waals surface area (Å²) in [6.07, 6.45) is -0.405. The molecular formula is C11H17NO4. The van der Waals surface area contributed by atoms with Gasteiger partial charge in [0.05, 0.1) is 6.42 Å². The zero-order valence-corrected chi connectivity index (χ0v) is 9.71. The van der Waals surface area contributed by atoms with E-state index in [1.54, 1.807) is 12.1 Å². The van der Waals surface area contributed by atoms with E-state index in [2.05, 4.69) is 0 Å². The molecule has 5 nitrogen and oxygen atoms in total. The van der Waals surface area contributed by atoms with Crippen LogP contribution in [0.5, 0.6) is 0 Å². The van der Waals surface area contributed by atoms with Crippen molar-refractivity contribution in [3.63, 3.8) is 0 Å². The molecule has 2 unspecified atom stereocenters. The SMILES string of the molecule is CC(C)C(O)c1ccc(CC(C)[N+](=O)[O-])o1. The lowest BCUT2D eigenvalue weighted by molar-refractivity contribution is -0.517. The Balaban J connectivity index is 2.68. The van der Waals surface area contributed by atoms with Gasteiger partial charge in [-0.2, -0.15) is 0 Å². The van der Waals surface area contributed by atoms with Crippen LogP contribution in [0.1, 0.15) is 38.4 Å². The van der Waals surface area contributed by atoms with Crippen molar-refractivity contribution in [2.45, 2.75) is 39.3 Å². The molecule has 0 spiro atoms. The molecule has 0 aliphatic rings. The second-order valence-corrected chi connectivity index (χ2v) is 4.33. The summed E-state index contributed by atoms with van der Waals surface area (Å²) in [4.78, 5) is 10.1. The molecule has 1 aromatic rings. The lowest BCUT2D eigenvalue weighted by Crippen LogP contribution is -2.17. The van der Waals surface area contributed by atoms with E-state index >= 15 is 0 Å². The van der Waals surface area contributed by atoms with Crippen molar-refractivity contribution in [3.8, 4) is 0 Å². The van der Waals surface area contributed by atoms with Crippen molar-refractivity contribution in [3.05, 3.63) is 33.8 Å². The number of hydrogen-bond acceptors (Lipinski definition) is 4. The largest absolute Gasteiger partial charge is 0.463 e. The van der Waals surface area contributed by atoms with Gasteiger partial charge < -0.3 is 9.52 Å². The van der Waals surface area contributed by atoms with Crippen LogP contribution in [0.25, 0.3) is 0 Å². The summed E-state index contributed by atoms with van der Waals surface area (Å²) in [7, 11) is 0. The minimum absolute atomic E-state index is 0.0620. The maximum absolute atomic E-state index is 10.5. The van der Waals surface area contributed by atoms with Gasteiger partial charge >= 0.3 is 0 Å². The first-order valence-corrected chi connectivity index (χ1v) is 5.32. The van der Waals surface area contributed by atoms with E-state index in [-0.39, 0.29) is 17.3 Å². The number of aliphatic hydroxyl groups is 1. The van der Waals surface area contributed by atoms with Crippen LogP contribution in [-0.4, -0.2) is 16.1 Å². The molecule has 1 aromatic heterocycles. The van der Waals surface area contributed by atoms with Crippen LogP contribution in [0.4, 0.5) is 0 Å². The first-order valence-electron chi connectivity index (χ1n) is 5.32. The average molecular weight is 227 g/mol. The number of aliphatic hydroxyl groups excluding tert-OH is 1. The lowest BCUT2D eigenvalue weighted by atomic mass is 10.1. The first kappa shape index (κ1) is 12.7. The van der Waals surface area contributed by atoms with E-state index in [4.69, 9.17) is 4.42 Å². The Morgan fingerprint density at radius 2 is 2.06 bits per heavy atom. The van der Waals surface area contributed by atoms with Gasteiger partial charge in [0, 0.05) is 11.8 Å². The molecule has 0 aliphatic heterocycles. The predicted molar refractivity (Wildman–Crippen MR) is 58.7 cm³/mol. The minimum atomic E-state index is -0.671. The standard InChI is InChI=1S/C11H17NO4/c1-7(2)11(13)10-5-4-9(16-10)6-8(3)12(14)15/h4-5,7-8,11,13H,6H2,1-3H3. The third-order valence-electron chi connectivity index (χ3n) is 2.46. The molecule has 90 valence electrons. The fourth-order valence-electron chi connectivity index (χ4n) is 1.36. The van der Waals surface area contributed by atoms with Crippen molar-refractivity contribution in [1.29, 1.82) is 0 Å². The van der Waals surface area contributed by atoms with Gasteiger partial charge in [0.15, 0.2) is 0 Å². The molecule has 1 rings (SSSR count). The van der Waals surface area contributed by atoms with Gasteiger partial charge in [-0.05, 0) is 18.1 Å². The van der Waals surface area contributed by atoms with Gasteiger partial charge in [0.2, 0.25) is 6.04 Å². The van der Waals surface area contributed by atoms with Crippen LogP contribution in [0.3, 0.4) is 0 Å². The van der Waals surface area contributed by atoms with Gasteiger partial charge in [0.1, 0.15) is 17.6 Å². The van der Waals surface area contributed by atoms with E-state index in [0.29, 0.717) is 11.5 Å². The predicted octanol–water partition coefficient (Wildman–Crippen LogP) is 2.18. The maximum Gasteiger partial charge on any atom is 0.217 e. The molecule has 0 saturated heterocycles. The normalized spacial score (nSPS) is 15.1. The topological polar surface area (TPSA) is 76.5 Å². The number of nitro groups is 1. The molecule has 2 atom stereocenters. The second-order valence-electron chi connectivity index (χ2n) is 4.33. The van der Waals surface area contributed by atoms with E-state index in [1.165, 1.54) is 6.92 Å². The monoisotopic (exact) mass is 227 g/mol. The molecule has 0 aromatic carbocycles. The molecule has 1 heterocycles. The summed E-state index contributed by atoms with van der Waals surface area (Å²) < 4.78 is 5.37. The van der Waals surface area contributed by atoms with Crippen molar-refractivity contribution in [1.82, 2.24) is 0 Å². The number of rotatable bonds is 5. The van der Waals surface area contributed by atoms with Crippen LogP contribution in [0.15, 0.2) is 16.5 Å². The van der Waals surface area contributed by atoms with Crippen LogP contribution in [-0.2, 0) is 6.42 Å². The van der Waals surface area contributed by atoms with E-state index in [1.807, 2.05) is 13.8 Å². The highest BCUT2D eigenvalue weighted by atomic mass is 16.6. The van der Waals surface area contributed by atoms with Crippen molar-refractivity contribution in [2.75, 3.05) is 0 Å². The van der Waals surface area contributed by atoms with Crippen molar-refractivity contribution < 1.29 is 14.4 Å². The van der Waals surface area contributed by atoms with Crippen molar-refractivity contribution in [2.24, 2.45) is 5.92 Å². The molecule has 0 bridgehead atoms. The molecule has 0 amide bonds. The second kappa shape index (κ2) is 5.12. The lowest BCUT2D eigenvalue weighted by Gasteiger charge is -2.10. The summed E-state index contributed by atoms with van der Waals surface area (Å²) in [6.45, 7) is 5.29. The van der Waals surface area contributed by atoms with Crippen molar-refractivity contribution >= 4 is 0 Å². The fourth-order valence-corrected chi connectivity index (χ4v) is 1.36. The molecule has 5 heteroatoms. The zero-order valence-electron chi connectivity index (χ0n) is 9.71. The summed E-state index contributed by atoms with van der Waals surface area (Å²) >= 11 is 0. The Hall–Kier alpha value is -1.36. The first-order chi connectivity index (χ1) is 7.41. The molecule has 0 aliphatic carbocycles. The Kier molecular flexibility index (Phi) is 4.06. The highest BCUT2D eigenvalue weighted by Gasteiger charge is 2.19. The summed E-state index contributed by atoms with van der Waals surface area (Å²) in [5.41, 5.74) is 0. The summed E-state index contributed by atoms with van der Waals surface area (Å²) in [6, 6.07) is 2.68. The smallest absolute Gasteiger partial charge is 0.217 e. The highest BCUT2D eigenvalue weighted by Crippen LogP contribution is 2.23. The van der Waals surface area contributed by atoms with Crippen LogP contribution < -0.4 is 0 Å². The quantitative estimate of drug-likeness (QED) is 0.617. The minimum Gasteiger partial charge on any atom is -0.463 e. The third-order valence-corrected chi connectivity index (χ3v) is 2.46. The Morgan fingerprint density at radius 1 is 1.44 bits per heavy atom. The summed E-state index contributed by atoms with van der Waals surface area (Å²) in [5.74, 6) is 1.08. The summed E-state index contributed by atoms with van der Waals surface area (Å²) in [5, 5.41) is 20.2. The molecular weight excluding hydrogens is 210 g/mol. The van der Waals surface area contributed by atoms with Crippen LogP contribution in [0, 0.1) is 16.0 Å². The fraction of sp³-hybridized carbons (Fsp3) is 0.636. The maximum atomic E-state index is 10.5. The Labute approximate surface area is 94.2 Å². The molecule has 1 N–H and O–H groups in total. The number of nitrogens with zero attached hydrogens (tertiary/aromatic N) is 1. The molecule has 0 fully saturated rings. The molecule has 16 heavy (non-hydrogen) atoms. The number of hydrogen-bond donors (Lipinski definition) is 1. The zero-order chi connectivity index (χ0) is 12.3. The Bertz CT molecular complexity index is 359. The van der Waals surface area contributed by atoms with Gasteiger partial charge in [-0.25, -0.2) is 0 Å². The van der Waals surface area contributed by atoms with E-state index in [0.717, 1.165) is 0 Å². The number of furan rings is 1. The average Bonchev–Trinajstić information content (AvgIpc) is 2.64.